The quantitative estimate of drug-likeness (QED) is 0.791. The van der Waals surface area contributed by atoms with Crippen molar-refractivity contribution in [2.75, 3.05) is 5.32 Å². The van der Waals surface area contributed by atoms with Gasteiger partial charge in [0.05, 0.1) is 0 Å². The number of hydrogen-bond donors (Lipinski definition) is 1. The molecule has 0 fully saturated rings. The molecule has 0 aliphatic rings. The van der Waals surface area contributed by atoms with E-state index in [9.17, 15) is 4.79 Å². The molecule has 0 spiro atoms. The molecular weight excluding hydrogens is 252 g/mol. The van der Waals surface area contributed by atoms with Crippen molar-refractivity contribution >= 4 is 11.9 Å². The minimum absolute atomic E-state index is 0.168. The molecule has 0 radical (unpaired) electrons. The van der Waals surface area contributed by atoms with E-state index in [0.29, 0.717) is 11.5 Å². The van der Waals surface area contributed by atoms with Crippen molar-refractivity contribution in [1.82, 2.24) is 14.1 Å². The van der Waals surface area contributed by atoms with E-state index in [2.05, 4.69) is 10.3 Å². The first-order chi connectivity index (χ1) is 9.74. The molecule has 100 valence electrons. The summed E-state index contributed by atoms with van der Waals surface area (Å²) in [4.78, 5) is 16.2. The summed E-state index contributed by atoms with van der Waals surface area (Å²) in [6, 6.07) is 11.3. The molecular formula is C15H14N4O. The summed E-state index contributed by atoms with van der Waals surface area (Å²) in [7, 11) is 1.83. The van der Waals surface area contributed by atoms with Gasteiger partial charge >= 0.3 is 0 Å². The number of aryl methyl sites for hydroxylation is 1. The number of carbonyl (C=O) groups excluding carboxylic acids is 1. The van der Waals surface area contributed by atoms with Crippen molar-refractivity contribution in [3.05, 3.63) is 66.7 Å². The van der Waals surface area contributed by atoms with E-state index < -0.39 is 0 Å². The molecule has 0 bridgehead atoms. The summed E-state index contributed by atoms with van der Waals surface area (Å²) >= 11 is 0. The standard InChI is InChI=1S/C15H14N4O/c1-18-11-8-16-15(18)17-14(20)12-4-6-13(7-5-12)19-9-2-3-10-19/h2-11H,1H3,(H,16,17,20). The van der Waals surface area contributed by atoms with Crippen LogP contribution in [-0.2, 0) is 7.05 Å². The van der Waals surface area contributed by atoms with E-state index in [1.54, 1.807) is 29.1 Å². The van der Waals surface area contributed by atoms with Crippen LogP contribution >= 0.6 is 0 Å². The highest BCUT2D eigenvalue weighted by Crippen LogP contribution is 2.11. The summed E-state index contributed by atoms with van der Waals surface area (Å²) in [6.45, 7) is 0. The second kappa shape index (κ2) is 5.05. The molecule has 0 unspecified atom stereocenters. The minimum Gasteiger partial charge on any atom is -0.324 e. The van der Waals surface area contributed by atoms with Gasteiger partial charge in [0.2, 0.25) is 5.95 Å². The summed E-state index contributed by atoms with van der Waals surface area (Å²) in [5.41, 5.74) is 1.62. The maximum Gasteiger partial charge on any atom is 0.257 e. The number of amides is 1. The third kappa shape index (κ3) is 2.33. The summed E-state index contributed by atoms with van der Waals surface area (Å²) < 4.78 is 3.74. The van der Waals surface area contributed by atoms with Crippen molar-refractivity contribution in [3.63, 3.8) is 0 Å². The maximum absolute atomic E-state index is 12.1. The number of imidazole rings is 1. The van der Waals surface area contributed by atoms with Crippen LogP contribution < -0.4 is 5.32 Å². The van der Waals surface area contributed by atoms with Crippen LogP contribution in [0.15, 0.2) is 61.2 Å². The Morgan fingerprint density at radius 3 is 2.40 bits per heavy atom. The first-order valence-corrected chi connectivity index (χ1v) is 6.26. The van der Waals surface area contributed by atoms with Gasteiger partial charge in [0.25, 0.3) is 5.91 Å². The summed E-state index contributed by atoms with van der Waals surface area (Å²) in [5.74, 6) is 0.364. The maximum atomic E-state index is 12.1. The Kier molecular flexibility index (Phi) is 3.09. The fraction of sp³-hybridized carbons (Fsp3) is 0.0667. The largest absolute Gasteiger partial charge is 0.324 e. The molecule has 3 rings (SSSR count). The van der Waals surface area contributed by atoms with Gasteiger partial charge in [-0.15, -0.1) is 0 Å². The Bertz CT molecular complexity index is 711. The van der Waals surface area contributed by atoms with E-state index in [1.165, 1.54) is 0 Å². The lowest BCUT2D eigenvalue weighted by Crippen LogP contribution is -2.14. The van der Waals surface area contributed by atoms with E-state index in [1.807, 2.05) is 48.3 Å². The van der Waals surface area contributed by atoms with Gasteiger partial charge in [-0.2, -0.15) is 0 Å². The van der Waals surface area contributed by atoms with Crippen LogP contribution in [0, 0.1) is 0 Å². The third-order valence-electron chi connectivity index (χ3n) is 3.08. The molecule has 5 heteroatoms. The number of carbonyl (C=O) groups is 1. The van der Waals surface area contributed by atoms with Gasteiger partial charge in [0.1, 0.15) is 0 Å². The topological polar surface area (TPSA) is 51.9 Å². The van der Waals surface area contributed by atoms with Gasteiger partial charge in [-0.25, -0.2) is 4.98 Å². The molecule has 0 saturated carbocycles. The van der Waals surface area contributed by atoms with Crippen LogP contribution in [0.4, 0.5) is 5.95 Å². The SMILES string of the molecule is Cn1ccnc1NC(=O)c1ccc(-n2cccc2)cc1. The van der Waals surface area contributed by atoms with E-state index >= 15 is 0 Å². The van der Waals surface area contributed by atoms with Crippen LogP contribution in [0.5, 0.6) is 0 Å². The lowest BCUT2D eigenvalue weighted by molar-refractivity contribution is 0.102. The molecule has 1 aromatic carbocycles. The monoisotopic (exact) mass is 266 g/mol. The van der Waals surface area contributed by atoms with Crippen LogP contribution in [0.2, 0.25) is 0 Å². The number of nitrogens with one attached hydrogen (secondary N) is 1. The number of rotatable bonds is 3. The minimum atomic E-state index is -0.168. The van der Waals surface area contributed by atoms with Crippen molar-refractivity contribution in [2.24, 2.45) is 7.05 Å². The third-order valence-corrected chi connectivity index (χ3v) is 3.08. The van der Waals surface area contributed by atoms with E-state index in [-0.39, 0.29) is 5.91 Å². The summed E-state index contributed by atoms with van der Waals surface area (Å²) in [5, 5.41) is 2.77. The molecule has 0 saturated heterocycles. The molecule has 1 N–H and O–H groups in total. The number of aromatic nitrogens is 3. The van der Waals surface area contributed by atoms with Crippen molar-refractivity contribution < 1.29 is 4.79 Å². The molecule has 0 atom stereocenters. The van der Waals surface area contributed by atoms with Crippen LogP contribution in [0.1, 0.15) is 10.4 Å². The number of anilines is 1. The van der Waals surface area contributed by atoms with Crippen LogP contribution in [0.25, 0.3) is 5.69 Å². The Labute approximate surface area is 116 Å². The van der Waals surface area contributed by atoms with Crippen LogP contribution in [-0.4, -0.2) is 20.0 Å². The van der Waals surface area contributed by atoms with Crippen LogP contribution in [0.3, 0.4) is 0 Å². The predicted octanol–water partition coefficient (Wildman–Crippen LogP) is 2.46. The average molecular weight is 266 g/mol. The zero-order valence-corrected chi connectivity index (χ0v) is 11.0. The molecule has 3 aromatic rings. The molecule has 0 aliphatic carbocycles. The fourth-order valence-corrected chi connectivity index (χ4v) is 1.95. The van der Waals surface area contributed by atoms with Crippen molar-refractivity contribution in [3.8, 4) is 5.69 Å². The Morgan fingerprint density at radius 1 is 1.10 bits per heavy atom. The molecule has 0 aliphatic heterocycles. The fourth-order valence-electron chi connectivity index (χ4n) is 1.95. The lowest BCUT2D eigenvalue weighted by atomic mass is 10.2. The zero-order valence-electron chi connectivity index (χ0n) is 11.0. The van der Waals surface area contributed by atoms with Gasteiger partial charge in [-0.3, -0.25) is 10.1 Å². The second-order valence-corrected chi connectivity index (χ2v) is 4.45. The number of hydrogen-bond acceptors (Lipinski definition) is 2. The smallest absolute Gasteiger partial charge is 0.257 e. The summed E-state index contributed by atoms with van der Waals surface area (Å²) in [6.07, 6.45) is 7.35. The predicted molar refractivity (Wildman–Crippen MR) is 76.9 cm³/mol. The zero-order chi connectivity index (χ0) is 13.9. The second-order valence-electron chi connectivity index (χ2n) is 4.45. The van der Waals surface area contributed by atoms with Gasteiger partial charge in [-0.05, 0) is 36.4 Å². The van der Waals surface area contributed by atoms with Crippen molar-refractivity contribution in [1.29, 1.82) is 0 Å². The number of benzene rings is 1. The normalized spacial score (nSPS) is 10.4. The molecule has 1 amide bonds. The van der Waals surface area contributed by atoms with E-state index in [4.69, 9.17) is 0 Å². The van der Waals surface area contributed by atoms with Gasteiger partial charge in [-0.1, -0.05) is 0 Å². The average Bonchev–Trinajstić information content (AvgIpc) is 3.12. The Morgan fingerprint density at radius 2 is 1.80 bits per heavy atom. The van der Waals surface area contributed by atoms with Gasteiger partial charge in [0, 0.05) is 43.1 Å². The highest BCUT2D eigenvalue weighted by atomic mass is 16.1. The highest BCUT2D eigenvalue weighted by Gasteiger charge is 2.08. The van der Waals surface area contributed by atoms with Gasteiger partial charge in [0.15, 0.2) is 0 Å². The van der Waals surface area contributed by atoms with E-state index in [0.717, 1.165) is 5.69 Å². The molecule has 2 aromatic heterocycles. The number of nitrogens with zero attached hydrogens (tertiary/aromatic N) is 3. The molecule has 5 nitrogen and oxygen atoms in total. The first-order valence-electron chi connectivity index (χ1n) is 6.26. The Hall–Kier alpha value is -2.82. The highest BCUT2D eigenvalue weighted by molar-refractivity contribution is 6.03. The first kappa shape index (κ1) is 12.2. The lowest BCUT2D eigenvalue weighted by Gasteiger charge is -2.06. The molecule has 20 heavy (non-hydrogen) atoms. The van der Waals surface area contributed by atoms with Gasteiger partial charge < -0.3 is 9.13 Å². The van der Waals surface area contributed by atoms with Crippen molar-refractivity contribution in [2.45, 2.75) is 0 Å². The molecule has 2 heterocycles. The Balaban J connectivity index is 1.78.